The van der Waals surface area contributed by atoms with Crippen molar-refractivity contribution >= 4 is 17.7 Å². The van der Waals surface area contributed by atoms with E-state index in [1.54, 1.807) is 7.05 Å². The number of methoxy groups -OCH3 is 1. The minimum absolute atomic E-state index is 0.000864. The van der Waals surface area contributed by atoms with Crippen LogP contribution in [-0.2, 0) is 32.0 Å². The number of nitrogens with zero attached hydrogens (tertiary/aromatic N) is 1. The summed E-state index contributed by atoms with van der Waals surface area (Å²) in [6.07, 6.45) is 2.55. The lowest BCUT2D eigenvalue weighted by Gasteiger charge is -2.33. The minimum atomic E-state index is -0.904. The van der Waals surface area contributed by atoms with Crippen molar-refractivity contribution in [2.45, 2.75) is 57.7 Å². The van der Waals surface area contributed by atoms with E-state index >= 15 is 0 Å². The maximum atomic E-state index is 13.7. The van der Waals surface area contributed by atoms with Gasteiger partial charge in [0.2, 0.25) is 17.7 Å². The summed E-state index contributed by atoms with van der Waals surface area (Å²) >= 11 is 0. The quantitative estimate of drug-likeness (QED) is 0.508. The van der Waals surface area contributed by atoms with E-state index in [9.17, 15) is 14.4 Å². The number of hydrogen-bond acceptors (Lipinski definition) is 6. The number of benzene rings is 2. The first-order chi connectivity index (χ1) is 19.3. The number of hydrogen-bond donors (Lipinski definition) is 3. The van der Waals surface area contributed by atoms with Crippen molar-refractivity contribution in [1.29, 1.82) is 0 Å². The van der Waals surface area contributed by atoms with E-state index < -0.39 is 24.0 Å². The molecule has 0 fully saturated rings. The molecule has 0 bridgehead atoms. The van der Waals surface area contributed by atoms with Gasteiger partial charge >= 0.3 is 0 Å². The zero-order valence-electron chi connectivity index (χ0n) is 24.2. The first-order valence-corrected chi connectivity index (χ1v) is 14.2. The molecule has 0 radical (unpaired) electrons. The Bertz CT molecular complexity index is 1100. The summed E-state index contributed by atoms with van der Waals surface area (Å²) in [5.41, 5.74) is 1.98. The molecule has 0 aromatic heterocycles. The third-order valence-electron chi connectivity index (χ3n) is 7.46. The van der Waals surface area contributed by atoms with Crippen molar-refractivity contribution in [2.75, 3.05) is 40.5 Å². The second-order valence-electron chi connectivity index (χ2n) is 10.3. The lowest BCUT2D eigenvalue weighted by molar-refractivity contribution is -0.144. The van der Waals surface area contributed by atoms with E-state index in [4.69, 9.17) is 9.47 Å². The molecule has 1 aliphatic rings. The number of amides is 3. The highest BCUT2D eigenvalue weighted by molar-refractivity contribution is 5.93. The van der Waals surface area contributed by atoms with Crippen LogP contribution in [0.1, 0.15) is 37.8 Å². The van der Waals surface area contributed by atoms with Crippen molar-refractivity contribution in [3.05, 3.63) is 65.7 Å². The highest BCUT2D eigenvalue weighted by Gasteiger charge is 2.35. The molecular weight excluding hydrogens is 508 g/mol. The molecule has 1 aliphatic heterocycles. The summed E-state index contributed by atoms with van der Waals surface area (Å²) < 4.78 is 11.4. The van der Waals surface area contributed by atoms with Crippen LogP contribution in [0.2, 0.25) is 0 Å². The summed E-state index contributed by atoms with van der Waals surface area (Å²) in [4.78, 5) is 42.0. The number of ether oxygens (including phenoxy) is 2. The Kier molecular flexibility index (Phi) is 12.4. The molecular formula is C31H44N4O5. The molecule has 2 aromatic rings. The SMILES string of the molecule is CCC(C)[C@@H]1NCCOc2ccccc2CCCNC(=O)[C@@H](Cc2ccccc2)NC(=O)[C@H](COC)N(C)C1=O. The van der Waals surface area contributed by atoms with Crippen molar-refractivity contribution in [3.8, 4) is 5.75 Å². The van der Waals surface area contributed by atoms with Crippen LogP contribution in [0.4, 0.5) is 0 Å². The molecule has 0 spiro atoms. The van der Waals surface area contributed by atoms with E-state index in [1.807, 2.05) is 68.4 Å². The van der Waals surface area contributed by atoms with E-state index in [2.05, 4.69) is 16.0 Å². The maximum absolute atomic E-state index is 13.7. The fourth-order valence-corrected chi connectivity index (χ4v) is 4.83. The van der Waals surface area contributed by atoms with Crippen LogP contribution >= 0.6 is 0 Å². The molecule has 9 nitrogen and oxygen atoms in total. The molecule has 0 aliphatic carbocycles. The molecule has 4 atom stereocenters. The van der Waals surface area contributed by atoms with Crippen LogP contribution in [0.5, 0.6) is 5.75 Å². The topological polar surface area (TPSA) is 109 Å². The predicted molar refractivity (Wildman–Crippen MR) is 155 cm³/mol. The van der Waals surface area contributed by atoms with Gasteiger partial charge in [-0.15, -0.1) is 0 Å². The van der Waals surface area contributed by atoms with Gasteiger partial charge < -0.3 is 30.3 Å². The number of carbonyl (C=O) groups excluding carboxylic acids is 3. The van der Waals surface area contributed by atoms with E-state index in [1.165, 1.54) is 12.0 Å². The molecule has 3 rings (SSSR count). The Hall–Kier alpha value is -3.43. The smallest absolute Gasteiger partial charge is 0.245 e. The standard InChI is InChI=1S/C31H44N4O5/c1-5-22(2)28-31(38)35(3)26(21-39-4)30(37)34-25(20-23-12-7-6-8-13-23)29(36)33-17-11-15-24-14-9-10-16-27(24)40-19-18-32-28/h6-10,12-14,16,22,25-26,28,32H,5,11,15,17-21H2,1-4H3,(H,33,36)(H,34,37)/t22?,25-,26+,28+/m1/s1. The Morgan fingerprint density at radius 1 is 1.02 bits per heavy atom. The van der Waals surface area contributed by atoms with E-state index in [-0.39, 0.29) is 24.3 Å². The van der Waals surface area contributed by atoms with Crippen molar-refractivity contribution in [2.24, 2.45) is 5.92 Å². The van der Waals surface area contributed by atoms with Crippen LogP contribution in [0.25, 0.3) is 0 Å². The lowest BCUT2D eigenvalue weighted by atomic mass is 9.97. The van der Waals surface area contributed by atoms with Gasteiger partial charge in [0, 0.05) is 33.7 Å². The number of para-hydroxylation sites is 1. The Balaban J connectivity index is 1.90. The molecule has 2 aromatic carbocycles. The monoisotopic (exact) mass is 552 g/mol. The largest absolute Gasteiger partial charge is 0.492 e. The van der Waals surface area contributed by atoms with Crippen LogP contribution in [-0.4, -0.2) is 81.2 Å². The summed E-state index contributed by atoms with van der Waals surface area (Å²) in [5, 5.41) is 9.26. The van der Waals surface area contributed by atoms with Crippen molar-refractivity contribution < 1.29 is 23.9 Å². The van der Waals surface area contributed by atoms with Crippen molar-refractivity contribution in [3.63, 3.8) is 0 Å². The first kappa shape index (κ1) is 31.1. The van der Waals surface area contributed by atoms with Gasteiger partial charge in [-0.1, -0.05) is 68.8 Å². The molecule has 3 N–H and O–H groups in total. The molecule has 3 amide bonds. The number of aryl methyl sites for hydroxylation is 1. The van der Waals surface area contributed by atoms with Gasteiger partial charge in [-0.2, -0.15) is 0 Å². The number of fused-ring (bicyclic) bond motifs is 1. The average Bonchev–Trinajstić information content (AvgIpc) is 2.97. The normalized spacial score (nSPS) is 22.6. The molecule has 40 heavy (non-hydrogen) atoms. The molecule has 1 unspecified atom stereocenters. The third kappa shape index (κ3) is 8.79. The Morgan fingerprint density at radius 3 is 2.48 bits per heavy atom. The van der Waals surface area contributed by atoms with Crippen molar-refractivity contribution in [1.82, 2.24) is 20.9 Å². The van der Waals surface area contributed by atoms with Crippen LogP contribution in [0.3, 0.4) is 0 Å². The second-order valence-corrected chi connectivity index (χ2v) is 10.3. The fourth-order valence-electron chi connectivity index (χ4n) is 4.83. The van der Waals surface area contributed by atoms with Gasteiger partial charge in [0.15, 0.2) is 0 Å². The van der Waals surface area contributed by atoms with Gasteiger partial charge in [0.25, 0.3) is 0 Å². The maximum Gasteiger partial charge on any atom is 0.245 e. The lowest BCUT2D eigenvalue weighted by Crippen LogP contribution is -2.59. The summed E-state index contributed by atoms with van der Waals surface area (Å²) in [6.45, 7) is 5.36. The van der Waals surface area contributed by atoms with Gasteiger partial charge in [-0.25, -0.2) is 0 Å². The third-order valence-corrected chi connectivity index (χ3v) is 7.46. The number of rotatable bonds is 6. The van der Waals surface area contributed by atoms with E-state index in [0.717, 1.165) is 36.1 Å². The summed E-state index contributed by atoms with van der Waals surface area (Å²) in [5.74, 6) is -0.0929. The number of nitrogens with one attached hydrogen (secondary N) is 3. The Labute approximate surface area is 238 Å². The van der Waals surface area contributed by atoms with Gasteiger partial charge in [0.1, 0.15) is 24.4 Å². The Morgan fingerprint density at radius 2 is 1.75 bits per heavy atom. The second kappa shape index (κ2) is 16.0. The van der Waals surface area contributed by atoms with E-state index in [0.29, 0.717) is 26.1 Å². The molecule has 9 heteroatoms. The van der Waals surface area contributed by atoms with Gasteiger partial charge in [-0.3, -0.25) is 14.4 Å². The zero-order valence-corrected chi connectivity index (χ0v) is 24.2. The van der Waals surface area contributed by atoms with Gasteiger partial charge in [0.05, 0.1) is 12.6 Å². The molecule has 0 saturated heterocycles. The molecule has 218 valence electrons. The first-order valence-electron chi connectivity index (χ1n) is 14.2. The predicted octanol–water partition coefficient (Wildman–Crippen LogP) is 2.33. The molecule has 1 heterocycles. The summed E-state index contributed by atoms with van der Waals surface area (Å²) in [6, 6.07) is 15.2. The highest BCUT2D eigenvalue weighted by Crippen LogP contribution is 2.20. The van der Waals surface area contributed by atoms with Gasteiger partial charge in [-0.05, 0) is 36.0 Å². The number of likely N-dealkylation sites (N-methyl/N-ethyl adjacent to an activating group) is 1. The van der Waals surface area contributed by atoms with Crippen LogP contribution in [0.15, 0.2) is 54.6 Å². The number of carbonyl (C=O) groups is 3. The summed E-state index contributed by atoms with van der Waals surface area (Å²) in [7, 11) is 3.10. The minimum Gasteiger partial charge on any atom is -0.492 e. The van der Waals surface area contributed by atoms with Crippen LogP contribution < -0.4 is 20.7 Å². The zero-order chi connectivity index (χ0) is 28.9. The highest BCUT2D eigenvalue weighted by atomic mass is 16.5. The fraction of sp³-hybridized carbons (Fsp3) is 0.516. The van der Waals surface area contributed by atoms with Crippen LogP contribution in [0, 0.1) is 5.92 Å². The average molecular weight is 553 g/mol. The molecule has 0 saturated carbocycles.